The summed E-state index contributed by atoms with van der Waals surface area (Å²) in [5.74, 6) is 0. The fourth-order valence-corrected chi connectivity index (χ4v) is 3.48. The molecule has 4 aromatic rings. The molecule has 0 spiro atoms. The minimum absolute atomic E-state index is 1.29. The first-order chi connectivity index (χ1) is 10.7. The van der Waals surface area contributed by atoms with Gasteiger partial charge >= 0.3 is 0 Å². The molecular weight excluding hydrogens is 266 g/mol. The predicted molar refractivity (Wildman–Crippen MR) is 95.3 cm³/mol. The zero-order valence-electron chi connectivity index (χ0n) is 13.2. The number of benzene rings is 3. The van der Waals surface area contributed by atoms with Crippen LogP contribution in [0.3, 0.4) is 0 Å². The van der Waals surface area contributed by atoms with Crippen LogP contribution in [0.1, 0.15) is 11.1 Å². The molecule has 1 aromatic heterocycles. The maximum Gasteiger partial charge on any atom is 0.0495 e. The van der Waals surface area contributed by atoms with Gasteiger partial charge in [-0.25, -0.2) is 0 Å². The summed E-state index contributed by atoms with van der Waals surface area (Å²) in [4.78, 5) is 0. The lowest BCUT2D eigenvalue weighted by Gasteiger charge is -2.10. The zero-order valence-corrected chi connectivity index (χ0v) is 13.2. The highest BCUT2D eigenvalue weighted by Gasteiger charge is 2.12. The van der Waals surface area contributed by atoms with Crippen molar-refractivity contribution in [3.05, 3.63) is 71.8 Å². The van der Waals surface area contributed by atoms with Crippen LogP contribution in [0, 0.1) is 13.8 Å². The van der Waals surface area contributed by atoms with E-state index in [4.69, 9.17) is 0 Å². The average molecular weight is 285 g/mol. The van der Waals surface area contributed by atoms with Crippen molar-refractivity contribution in [3.63, 3.8) is 0 Å². The highest BCUT2D eigenvalue weighted by atomic mass is 14.9. The van der Waals surface area contributed by atoms with E-state index < -0.39 is 0 Å². The molecule has 0 saturated carbocycles. The quantitative estimate of drug-likeness (QED) is 0.428. The molecule has 1 nitrogen and oxygen atoms in total. The van der Waals surface area contributed by atoms with Crippen molar-refractivity contribution in [2.45, 2.75) is 13.8 Å². The van der Waals surface area contributed by atoms with Crippen LogP contribution in [0.25, 0.3) is 32.9 Å². The zero-order chi connectivity index (χ0) is 15.3. The Morgan fingerprint density at radius 1 is 0.636 bits per heavy atom. The van der Waals surface area contributed by atoms with E-state index in [2.05, 4.69) is 86.1 Å². The maximum absolute atomic E-state index is 2.34. The molecule has 108 valence electrons. The van der Waals surface area contributed by atoms with E-state index in [1.807, 2.05) is 0 Å². The Balaban J connectivity index is 2.11. The van der Waals surface area contributed by atoms with Crippen molar-refractivity contribution >= 4 is 21.8 Å². The van der Waals surface area contributed by atoms with E-state index >= 15 is 0 Å². The summed E-state index contributed by atoms with van der Waals surface area (Å²) in [6.07, 6.45) is 0. The molecule has 0 bridgehead atoms. The molecule has 0 unspecified atom stereocenters. The monoisotopic (exact) mass is 285 g/mol. The van der Waals surface area contributed by atoms with E-state index in [0.29, 0.717) is 0 Å². The van der Waals surface area contributed by atoms with Crippen molar-refractivity contribution < 1.29 is 0 Å². The lowest BCUT2D eigenvalue weighted by Crippen LogP contribution is -1.90. The summed E-state index contributed by atoms with van der Waals surface area (Å²) in [6, 6.07) is 21.9. The Morgan fingerprint density at radius 3 is 2.18 bits per heavy atom. The van der Waals surface area contributed by atoms with Crippen molar-refractivity contribution in [1.29, 1.82) is 0 Å². The van der Waals surface area contributed by atoms with Crippen molar-refractivity contribution in [1.82, 2.24) is 4.57 Å². The van der Waals surface area contributed by atoms with E-state index in [9.17, 15) is 0 Å². The lowest BCUT2D eigenvalue weighted by atomic mass is 9.95. The number of aromatic nitrogens is 1. The van der Waals surface area contributed by atoms with Gasteiger partial charge in [0.15, 0.2) is 0 Å². The molecule has 0 radical (unpaired) electrons. The van der Waals surface area contributed by atoms with Gasteiger partial charge in [0.1, 0.15) is 0 Å². The topological polar surface area (TPSA) is 4.93 Å². The van der Waals surface area contributed by atoms with E-state index in [1.54, 1.807) is 0 Å². The van der Waals surface area contributed by atoms with E-state index in [1.165, 1.54) is 44.1 Å². The minimum Gasteiger partial charge on any atom is -0.344 e. The number of para-hydroxylation sites is 1. The van der Waals surface area contributed by atoms with Crippen LogP contribution < -0.4 is 0 Å². The number of fused-ring (bicyclic) bond motifs is 3. The SMILES string of the molecule is Cc1ccccc1-c1cc2c(cc1C)c1ccccc1n2C. The van der Waals surface area contributed by atoms with Crippen molar-refractivity contribution in [2.24, 2.45) is 7.05 Å². The smallest absolute Gasteiger partial charge is 0.0495 e. The molecule has 1 heterocycles. The Hall–Kier alpha value is -2.54. The third kappa shape index (κ3) is 1.79. The van der Waals surface area contributed by atoms with Crippen LogP contribution >= 0.6 is 0 Å². The summed E-state index contributed by atoms with van der Waals surface area (Å²) in [5, 5.41) is 2.67. The molecule has 0 saturated heterocycles. The molecule has 22 heavy (non-hydrogen) atoms. The fourth-order valence-electron chi connectivity index (χ4n) is 3.48. The Morgan fingerprint density at radius 2 is 1.36 bits per heavy atom. The van der Waals surface area contributed by atoms with Gasteiger partial charge in [-0.1, -0.05) is 42.5 Å². The number of nitrogens with zero attached hydrogens (tertiary/aromatic N) is 1. The third-order valence-electron chi connectivity index (χ3n) is 4.69. The molecule has 0 atom stereocenters. The van der Waals surface area contributed by atoms with Gasteiger partial charge in [0, 0.05) is 28.9 Å². The van der Waals surface area contributed by atoms with Crippen LogP contribution in [0.4, 0.5) is 0 Å². The highest BCUT2D eigenvalue weighted by molar-refractivity contribution is 6.09. The first-order valence-corrected chi connectivity index (χ1v) is 7.70. The largest absolute Gasteiger partial charge is 0.344 e. The molecule has 0 aliphatic carbocycles. The van der Waals surface area contributed by atoms with Gasteiger partial charge in [0.2, 0.25) is 0 Å². The second kappa shape index (κ2) is 4.74. The second-order valence-corrected chi connectivity index (χ2v) is 6.08. The predicted octanol–water partition coefficient (Wildman–Crippen LogP) is 5.62. The van der Waals surface area contributed by atoms with Gasteiger partial charge < -0.3 is 4.57 Å². The fraction of sp³-hybridized carbons (Fsp3) is 0.143. The highest BCUT2D eigenvalue weighted by Crippen LogP contribution is 2.34. The molecule has 0 amide bonds. The Bertz CT molecular complexity index is 1010. The van der Waals surface area contributed by atoms with Crippen molar-refractivity contribution in [2.75, 3.05) is 0 Å². The lowest BCUT2D eigenvalue weighted by molar-refractivity contribution is 1.01. The van der Waals surface area contributed by atoms with E-state index in [-0.39, 0.29) is 0 Å². The van der Waals surface area contributed by atoms with Crippen LogP contribution in [-0.4, -0.2) is 4.57 Å². The first-order valence-electron chi connectivity index (χ1n) is 7.70. The molecule has 0 aliphatic rings. The van der Waals surface area contributed by atoms with Gasteiger partial charge in [0.25, 0.3) is 0 Å². The van der Waals surface area contributed by atoms with Crippen LogP contribution in [0.5, 0.6) is 0 Å². The number of hydrogen-bond donors (Lipinski definition) is 0. The Labute approximate surface area is 130 Å². The molecule has 0 N–H and O–H groups in total. The van der Waals surface area contributed by atoms with Crippen LogP contribution in [-0.2, 0) is 7.05 Å². The van der Waals surface area contributed by atoms with Gasteiger partial charge in [-0.15, -0.1) is 0 Å². The minimum atomic E-state index is 1.29. The van der Waals surface area contributed by atoms with Crippen LogP contribution in [0.2, 0.25) is 0 Å². The van der Waals surface area contributed by atoms with Gasteiger partial charge in [-0.3, -0.25) is 0 Å². The molecule has 3 aromatic carbocycles. The van der Waals surface area contributed by atoms with E-state index in [0.717, 1.165) is 0 Å². The number of aryl methyl sites for hydroxylation is 3. The maximum atomic E-state index is 2.34. The van der Waals surface area contributed by atoms with Crippen molar-refractivity contribution in [3.8, 4) is 11.1 Å². The summed E-state index contributed by atoms with van der Waals surface area (Å²) >= 11 is 0. The summed E-state index contributed by atoms with van der Waals surface area (Å²) in [7, 11) is 2.15. The standard InChI is InChI=1S/C21H19N/c1-14-8-4-5-9-16(14)18-13-21-19(12-15(18)2)17-10-6-7-11-20(17)22(21)3/h4-13H,1-3H3. The van der Waals surface area contributed by atoms with Gasteiger partial charge in [-0.2, -0.15) is 0 Å². The first kappa shape index (κ1) is 13.1. The summed E-state index contributed by atoms with van der Waals surface area (Å²) in [6.45, 7) is 4.39. The molecule has 4 rings (SSSR count). The second-order valence-electron chi connectivity index (χ2n) is 6.08. The molecule has 0 fully saturated rings. The molecule has 1 heteroatoms. The summed E-state index contributed by atoms with van der Waals surface area (Å²) < 4.78 is 2.30. The van der Waals surface area contributed by atoms with Gasteiger partial charge in [-0.05, 0) is 54.3 Å². The molecular formula is C21H19N. The number of hydrogen-bond acceptors (Lipinski definition) is 0. The van der Waals surface area contributed by atoms with Crippen LogP contribution in [0.15, 0.2) is 60.7 Å². The average Bonchev–Trinajstić information content (AvgIpc) is 2.80. The summed E-state index contributed by atoms with van der Waals surface area (Å²) in [5.41, 5.74) is 7.90. The van der Waals surface area contributed by atoms with Gasteiger partial charge in [0.05, 0.1) is 0 Å². The molecule has 0 aliphatic heterocycles. The third-order valence-corrected chi connectivity index (χ3v) is 4.69. The number of rotatable bonds is 1. The normalized spacial score (nSPS) is 11.4. The Kier molecular flexibility index (Phi) is 2.83.